The fourth-order valence-electron chi connectivity index (χ4n) is 2.01. The van der Waals surface area contributed by atoms with E-state index >= 15 is 0 Å². The van der Waals surface area contributed by atoms with E-state index in [1.807, 2.05) is 10.8 Å². The second-order valence-corrected chi connectivity index (χ2v) is 5.64. The Labute approximate surface area is 122 Å². The molecule has 2 N–H and O–H groups in total. The van der Waals surface area contributed by atoms with Crippen LogP contribution in [0.25, 0.3) is 0 Å². The summed E-state index contributed by atoms with van der Waals surface area (Å²) in [5.74, 6) is 0.681. The smallest absolute Gasteiger partial charge is 0.240 e. The summed E-state index contributed by atoms with van der Waals surface area (Å²) in [6.45, 7) is 10.6. The lowest BCUT2D eigenvalue weighted by atomic mass is 10.2. The quantitative estimate of drug-likeness (QED) is 0.726. The first-order chi connectivity index (χ1) is 9.55. The van der Waals surface area contributed by atoms with Crippen molar-refractivity contribution in [2.24, 2.45) is 5.92 Å². The Bertz CT molecular complexity index is 396. The predicted molar refractivity (Wildman–Crippen MR) is 81.3 cm³/mol. The van der Waals surface area contributed by atoms with E-state index in [2.05, 4.69) is 43.3 Å². The third-order valence-electron chi connectivity index (χ3n) is 3.22. The summed E-state index contributed by atoms with van der Waals surface area (Å²) in [4.78, 5) is 16.2. The van der Waals surface area contributed by atoms with Gasteiger partial charge in [-0.2, -0.15) is 0 Å². The van der Waals surface area contributed by atoms with E-state index < -0.39 is 0 Å². The third-order valence-corrected chi connectivity index (χ3v) is 3.22. The van der Waals surface area contributed by atoms with Crippen LogP contribution in [-0.2, 0) is 17.9 Å². The lowest BCUT2D eigenvalue weighted by Gasteiger charge is -2.14. The van der Waals surface area contributed by atoms with E-state index in [0.717, 1.165) is 31.6 Å². The molecule has 1 heterocycles. The first kappa shape index (κ1) is 16.7. The van der Waals surface area contributed by atoms with Crippen LogP contribution in [-0.4, -0.2) is 28.0 Å². The molecule has 0 atom stereocenters. The molecule has 0 saturated carbocycles. The minimum atomic E-state index is 0.0535. The average molecular weight is 280 g/mol. The monoisotopic (exact) mass is 280 g/mol. The Hall–Kier alpha value is -1.36. The Morgan fingerprint density at radius 1 is 1.35 bits per heavy atom. The van der Waals surface area contributed by atoms with Crippen LogP contribution in [0.2, 0.25) is 0 Å². The molecule has 0 unspecified atom stereocenters. The van der Waals surface area contributed by atoms with Crippen LogP contribution in [0.5, 0.6) is 0 Å². The van der Waals surface area contributed by atoms with E-state index in [-0.39, 0.29) is 11.9 Å². The lowest BCUT2D eigenvalue weighted by molar-refractivity contribution is -0.122. The highest BCUT2D eigenvalue weighted by Crippen LogP contribution is 1.99. The molecule has 1 rings (SSSR count). The van der Waals surface area contributed by atoms with Gasteiger partial charge in [-0.05, 0) is 25.3 Å². The highest BCUT2D eigenvalue weighted by Gasteiger charge is 2.09. The Kier molecular flexibility index (Phi) is 7.30. The van der Waals surface area contributed by atoms with Crippen LogP contribution < -0.4 is 10.6 Å². The highest BCUT2D eigenvalue weighted by molar-refractivity contribution is 5.76. The van der Waals surface area contributed by atoms with Gasteiger partial charge in [-0.1, -0.05) is 27.7 Å². The number of carbonyl (C=O) groups is 1. The number of rotatable bonds is 9. The minimum absolute atomic E-state index is 0.0535. The van der Waals surface area contributed by atoms with Gasteiger partial charge in [0.25, 0.3) is 0 Å². The number of hydrogen-bond acceptors (Lipinski definition) is 3. The van der Waals surface area contributed by atoms with E-state index in [1.165, 1.54) is 0 Å². The third kappa shape index (κ3) is 6.19. The number of imidazole rings is 1. The molecular formula is C15H28N4O. The van der Waals surface area contributed by atoms with Gasteiger partial charge in [-0.15, -0.1) is 0 Å². The summed E-state index contributed by atoms with van der Waals surface area (Å²) in [6.07, 6.45) is 5.59. The van der Waals surface area contributed by atoms with E-state index in [9.17, 15) is 4.79 Å². The largest absolute Gasteiger partial charge is 0.352 e. The van der Waals surface area contributed by atoms with Crippen molar-refractivity contribution in [2.75, 3.05) is 6.54 Å². The van der Waals surface area contributed by atoms with Crippen LogP contribution in [0.4, 0.5) is 0 Å². The topological polar surface area (TPSA) is 59.0 Å². The molecule has 0 fully saturated rings. The summed E-state index contributed by atoms with van der Waals surface area (Å²) >= 11 is 0. The van der Waals surface area contributed by atoms with Crippen molar-refractivity contribution in [2.45, 2.75) is 59.7 Å². The number of nitrogens with zero attached hydrogens (tertiary/aromatic N) is 2. The molecule has 0 aromatic carbocycles. The second kappa shape index (κ2) is 8.74. The van der Waals surface area contributed by atoms with E-state index in [1.54, 1.807) is 6.33 Å². The zero-order valence-corrected chi connectivity index (χ0v) is 13.1. The predicted octanol–water partition coefficient (Wildman–Crippen LogP) is 1.93. The van der Waals surface area contributed by atoms with Gasteiger partial charge in [0.1, 0.15) is 6.54 Å². The molecule has 0 aliphatic carbocycles. The second-order valence-electron chi connectivity index (χ2n) is 5.64. The van der Waals surface area contributed by atoms with Crippen molar-refractivity contribution in [3.8, 4) is 0 Å². The van der Waals surface area contributed by atoms with Crippen molar-refractivity contribution in [1.82, 2.24) is 20.2 Å². The molecule has 0 aliphatic heterocycles. The van der Waals surface area contributed by atoms with Crippen molar-refractivity contribution in [3.05, 3.63) is 18.2 Å². The van der Waals surface area contributed by atoms with Crippen molar-refractivity contribution in [1.29, 1.82) is 0 Å². The molecule has 1 amide bonds. The molecule has 0 aliphatic rings. The number of hydrogen-bond donors (Lipinski definition) is 2. The van der Waals surface area contributed by atoms with Crippen molar-refractivity contribution >= 4 is 5.91 Å². The number of amides is 1. The van der Waals surface area contributed by atoms with Crippen molar-refractivity contribution in [3.63, 3.8) is 0 Å². The Morgan fingerprint density at radius 2 is 2.05 bits per heavy atom. The van der Waals surface area contributed by atoms with Gasteiger partial charge in [0.05, 0.1) is 12.0 Å². The average Bonchev–Trinajstić information content (AvgIpc) is 2.83. The summed E-state index contributed by atoms with van der Waals surface area (Å²) in [5.41, 5.74) is 0.973. The van der Waals surface area contributed by atoms with Crippen LogP contribution in [0.1, 0.15) is 46.2 Å². The Morgan fingerprint density at radius 3 is 2.65 bits per heavy atom. The summed E-state index contributed by atoms with van der Waals surface area (Å²) in [5, 5.41) is 6.37. The number of carbonyl (C=O) groups excluding carboxylic acids is 1. The zero-order chi connectivity index (χ0) is 15.0. The molecule has 1 aromatic rings. The fraction of sp³-hybridized carbons (Fsp3) is 0.733. The fourth-order valence-corrected chi connectivity index (χ4v) is 2.01. The van der Waals surface area contributed by atoms with Crippen molar-refractivity contribution < 1.29 is 4.79 Å². The normalized spacial score (nSPS) is 11.3. The maximum atomic E-state index is 11.9. The van der Waals surface area contributed by atoms with Crippen LogP contribution in [0, 0.1) is 5.92 Å². The number of aromatic nitrogens is 2. The molecule has 20 heavy (non-hydrogen) atoms. The van der Waals surface area contributed by atoms with Crippen LogP contribution in [0.3, 0.4) is 0 Å². The molecule has 114 valence electrons. The molecular weight excluding hydrogens is 252 g/mol. The van der Waals surface area contributed by atoms with Gasteiger partial charge in [-0.3, -0.25) is 4.79 Å². The Balaban J connectivity index is 2.37. The first-order valence-corrected chi connectivity index (χ1v) is 7.55. The molecule has 0 radical (unpaired) electrons. The summed E-state index contributed by atoms with van der Waals surface area (Å²) in [7, 11) is 0. The summed E-state index contributed by atoms with van der Waals surface area (Å²) in [6, 6.07) is 0.276. The SMILES string of the molecule is CCC(CC)NC(=O)Cn1cnc(CNCC(C)C)c1. The van der Waals surface area contributed by atoms with Gasteiger partial charge in [0.15, 0.2) is 0 Å². The number of nitrogens with one attached hydrogen (secondary N) is 2. The molecule has 5 heteroatoms. The molecule has 1 aromatic heterocycles. The maximum Gasteiger partial charge on any atom is 0.240 e. The molecule has 0 saturated heterocycles. The first-order valence-electron chi connectivity index (χ1n) is 7.55. The van der Waals surface area contributed by atoms with Crippen LogP contribution >= 0.6 is 0 Å². The highest BCUT2D eigenvalue weighted by atomic mass is 16.2. The molecule has 0 bridgehead atoms. The van der Waals surface area contributed by atoms with Crippen LogP contribution in [0.15, 0.2) is 12.5 Å². The molecule has 0 spiro atoms. The van der Waals surface area contributed by atoms with Gasteiger partial charge in [0.2, 0.25) is 5.91 Å². The minimum Gasteiger partial charge on any atom is -0.352 e. The lowest BCUT2D eigenvalue weighted by Crippen LogP contribution is -2.36. The standard InChI is InChI=1S/C15H28N4O/c1-5-13(6-2)18-15(20)10-19-9-14(17-11-19)8-16-7-12(3)4/h9,11-13,16H,5-8,10H2,1-4H3,(H,18,20). The van der Waals surface area contributed by atoms with Gasteiger partial charge in [0, 0.05) is 18.8 Å². The van der Waals surface area contributed by atoms with E-state index in [4.69, 9.17) is 0 Å². The molecule has 5 nitrogen and oxygen atoms in total. The van der Waals surface area contributed by atoms with E-state index in [0.29, 0.717) is 12.5 Å². The summed E-state index contributed by atoms with van der Waals surface area (Å²) < 4.78 is 1.84. The maximum absolute atomic E-state index is 11.9. The van der Waals surface area contributed by atoms with Gasteiger partial charge < -0.3 is 15.2 Å². The van der Waals surface area contributed by atoms with Gasteiger partial charge in [-0.25, -0.2) is 4.98 Å². The van der Waals surface area contributed by atoms with Gasteiger partial charge >= 0.3 is 0 Å². The zero-order valence-electron chi connectivity index (χ0n) is 13.1.